The number of carbonyl (C=O) groups is 2. The molecule has 0 atom stereocenters. The first-order chi connectivity index (χ1) is 10.6. The van der Waals surface area contributed by atoms with Crippen molar-refractivity contribution in [2.75, 3.05) is 26.4 Å². The van der Waals surface area contributed by atoms with E-state index in [-0.39, 0.29) is 46.9 Å². The fourth-order valence-corrected chi connectivity index (χ4v) is 1.58. The number of rotatable bonds is 12. The Hall–Kier alpha value is -0.426. The molecule has 0 rings (SSSR count). The summed E-state index contributed by atoms with van der Waals surface area (Å²) < 4.78 is 9.44. The van der Waals surface area contributed by atoms with Crippen LogP contribution in [0.4, 0.5) is 0 Å². The zero-order chi connectivity index (χ0) is 17.1. The Morgan fingerprint density at radius 1 is 0.696 bits per heavy atom. The summed E-state index contributed by atoms with van der Waals surface area (Å²) in [7, 11) is 0. The normalized spacial score (nSPS) is 9.22. The molecule has 0 aromatic heterocycles. The summed E-state index contributed by atoms with van der Waals surface area (Å²) in [5, 5.41) is 16.8. The zero-order valence-corrected chi connectivity index (χ0v) is 16.1. The maximum absolute atomic E-state index is 10.7. The van der Waals surface area contributed by atoms with Crippen LogP contribution in [-0.4, -0.2) is 48.6 Å². The fraction of sp³-hybridized carbons (Fsp3) is 0.875. The van der Waals surface area contributed by atoms with Gasteiger partial charge in [0.25, 0.3) is 0 Å². The van der Waals surface area contributed by atoms with Crippen LogP contribution in [0.5, 0.6) is 0 Å². The molecule has 0 saturated carbocycles. The minimum atomic E-state index is -0.134. The molecular weight excluding hydrogens is 336 g/mol. The molecule has 0 amide bonds. The van der Waals surface area contributed by atoms with Crippen molar-refractivity contribution in [3.8, 4) is 0 Å². The summed E-state index contributed by atoms with van der Waals surface area (Å²) in [5.41, 5.74) is 0. The molecule has 7 heteroatoms. The molecule has 2 N–H and O–H groups in total. The van der Waals surface area contributed by atoms with Crippen LogP contribution in [0, 0.1) is 0 Å². The molecule has 6 nitrogen and oxygen atoms in total. The second-order valence-corrected chi connectivity index (χ2v) is 4.68. The van der Waals surface area contributed by atoms with E-state index in [1.807, 2.05) is 0 Å². The van der Waals surface area contributed by atoms with Gasteiger partial charge in [-0.1, -0.05) is 12.8 Å². The van der Waals surface area contributed by atoms with E-state index in [0.717, 1.165) is 38.5 Å². The van der Waals surface area contributed by atoms with Crippen molar-refractivity contribution in [2.45, 2.75) is 65.2 Å². The van der Waals surface area contributed by atoms with E-state index in [4.69, 9.17) is 19.7 Å². The van der Waals surface area contributed by atoms with Gasteiger partial charge in [0.05, 0.1) is 13.2 Å². The van der Waals surface area contributed by atoms with E-state index in [2.05, 4.69) is 0 Å². The van der Waals surface area contributed by atoms with Crippen LogP contribution in [0.1, 0.15) is 65.2 Å². The summed E-state index contributed by atoms with van der Waals surface area (Å²) >= 11 is 0. The van der Waals surface area contributed by atoms with Gasteiger partial charge >= 0.3 is 11.9 Å². The van der Waals surface area contributed by atoms with E-state index >= 15 is 0 Å². The van der Waals surface area contributed by atoms with Gasteiger partial charge < -0.3 is 19.7 Å². The molecule has 0 aromatic carbocycles. The number of carbonyl (C=O) groups excluding carboxylic acids is 2. The molecule has 0 aliphatic carbocycles. The summed E-state index contributed by atoms with van der Waals surface area (Å²) in [5.74, 6) is -0.268. The van der Waals surface area contributed by atoms with Gasteiger partial charge in [-0.25, -0.2) is 0 Å². The summed E-state index contributed by atoms with van der Waals surface area (Å²) in [4.78, 5) is 21.4. The van der Waals surface area contributed by atoms with Crippen molar-refractivity contribution in [1.29, 1.82) is 0 Å². The number of esters is 2. The van der Waals surface area contributed by atoms with Gasteiger partial charge in [-0.05, 0) is 39.5 Å². The number of aliphatic hydroxyl groups is 2. The first-order valence-corrected chi connectivity index (χ1v) is 8.15. The van der Waals surface area contributed by atoms with Crippen molar-refractivity contribution in [1.82, 2.24) is 0 Å². The van der Waals surface area contributed by atoms with Crippen molar-refractivity contribution in [3.63, 3.8) is 0 Å². The molecule has 0 unspecified atom stereocenters. The Morgan fingerprint density at radius 3 is 1.30 bits per heavy atom. The van der Waals surface area contributed by atoms with Gasteiger partial charge in [-0.3, -0.25) is 9.59 Å². The van der Waals surface area contributed by atoms with Crippen molar-refractivity contribution in [3.05, 3.63) is 0 Å². The second kappa shape index (κ2) is 23.8. The molecule has 0 saturated heterocycles. The van der Waals surface area contributed by atoms with Gasteiger partial charge in [0.1, 0.15) is 0 Å². The minimum Gasteiger partial charge on any atom is -0.466 e. The summed E-state index contributed by atoms with van der Waals surface area (Å²) in [6, 6.07) is 0. The van der Waals surface area contributed by atoms with Gasteiger partial charge in [-0.15, -0.1) is 0 Å². The molecule has 23 heavy (non-hydrogen) atoms. The Bertz CT molecular complexity index is 235. The van der Waals surface area contributed by atoms with Crippen LogP contribution in [0.25, 0.3) is 0 Å². The Balaban J connectivity index is -0.000000333. The molecule has 0 radical (unpaired) electrons. The maximum Gasteiger partial charge on any atom is 0.305 e. The molecule has 0 bridgehead atoms. The van der Waals surface area contributed by atoms with Gasteiger partial charge in [0.2, 0.25) is 0 Å². The number of aliphatic hydroxyl groups excluding tert-OH is 2. The van der Waals surface area contributed by atoms with Gasteiger partial charge in [0.15, 0.2) is 0 Å². The van der Waals surface area contributed by atoms with Crippen LogP contribution in [0.2, 0.25) is 0 Å². The standard InChI is InChI=1S/2C8H16O3.Ti/c2*1-2-11-8(10)6-4-3-5-7-9;/h2*9H,2-7H2,1H3;. The second-order valence-electron chi connectivity index (χ2n) is 4.68. The third kappa shape index (κ3) is 26.8. The Morgan fingerprint density at radius 2 is 1.04 bits per heavy atom. The molecule has 0 spiro atoms. The topological polar surface area (TPSA) is 93.1 Å². The van der Waals surface area contributed by atoms with Crippen LogP contribution in [0.3, 0.4) is 0 Å². The average Bonchev–Trinajstić information content (AvgIpc) is 2.49. The van der Waals surface area contributed by atoms with E-state index in [1.54, 1.807) is 13.8 Å². The molecule has 0 aliphatic heterocycles. The predicted octanol–water partition coefficient (Wildman–Crippen LogP) is 2.20. The van der Waals surface area contributed by atoms with E-state index in [1.165, 1.54) is 0 Å². The molecule has 0 aromatic rings. The first kappa shape index (κ1) is 27.4. The first-order valence-electron chi connectivity index (χ1n) is 8.15. The monoisotopic (exact) mass is 368 g/mol. The molecule has 136 valence electrons. The van der Waals surface area contributed by atoms with Crippen LogP contribution < -0.4 is 0 Å². The number of hydrogen-bond donors (Lipinski definition) is 2. The molecule has 0 fully saturated rings. The smallest absolute Gasteiger partial charge is 0.305 e. The van der Waals surface area contributed by atoms with E-state index in [9.17, 15) is 9.59 Å². The van der Waals surface area contributed by atoms with Crippen molar-refractivity contribution in [2.24, 2.45) is 0 Å². The van der Waals surface area contributed by atoms with Crippen LogP contribution >= 0.6 is 0 Å². The maximum atomic E-state index is 10.7. The largest absolute Gasteiger partial charge is 0.466 e. The number of hydrogen-bond acceptors (Lipinski definition) is 6. The van der Waals surface area contributed by atoms with Gasteiger partial charge in [0, 0.05) is 47.8 Å². The van der Waals surface area contributed by atoms with E-state index in [0.29, 0.717) is 26.1 Å². The molecule has 0 aliphatic rings. The Labute approximate surface area is 154 Å². The summed E-state index contributed by atoms with van der Waals surface area (Å²) in [6.45, 7) is 4.93. The average molecular weight is 368 g/mol. The number of unbranched alkanes of at least 4 members (excludes halogenated alkanes) is 4. The van der Waals surface area contributed by atoms with Crippen molar-refractivity contribution < 1.29 is 51.0 Å². The fourth-order valence-electron chi connectivity index (χ4n) is 1.58. The van der Waals surface area contributed by atoms with Crippen LogP contribution in [-0.2, 0) is 40.8 Å². The third-order valence-electron chi connectivity index (χ3n) is 2.69. The SMILES string of the molecule is CCOC(=O)CCCCCO.CCOC(=O)CCCCCO.[Ti]. The molecular formula is C16H32O6Ti. The van der Waals surface area contributed by atoms with Crippen molar-refractivity contribution >= 4 is 11.9 Å². The van der Waals surface area contributed by atoms with E-state index < -0.39 is 0 Å². The summed E-state index contributed by atoms with van der Waals surface area (Å²) in [6.07, 6.45) is 5.95. The minimum absolute atomic E-state index is 0. The zero-order valence-electron chi connectivity index (χ0n) is 14.5. The molecule has 0 heterocycles. The number of ether oxygens (including phenoxy) is 2. The third-order valence-corrected chi connectivity index (χ3v) is 2.69. The predicted molar refractivity (Wildman–Crippen MR) is 84.4 cm³/mol. The Kier molecular flexibility index (Phi) is 28.4. The quantitative estimate of drug-likeness (QED) is 0.312. The van der Waals surface area contributed by atoms with Crippen LogP contribution in [0.15, 0.2) is 0 Å². The van der Waals surface area contributed by atoms with Gasteiger partial charge in [-0.2, -0.15) is 0 Å².